The minimum absolute atomic E-state index is 0.0380. The molecule has 5 aromatic rings. The predicted octanol–water partition coefficient (Wildman–Crippen LogP) is 5.24. The first-order valence-corrected chi connectivity index (χ1v) is 11.9. The molecule has 38 heavy (non-hydrogen) atoms. The molecule has 0 radical (unpaired) electrons. The van der Waals surface area contributed by atoms with Gasteiger partial charge in [-0.25, -0.2) is 28.2 Å². The standard InChI is InChI=1S/C27H25F2N7O2/c1-17-12-18(6-7-21(17)37-19-8-11-36-24(13-19)31-16-33-36)34-26-25-20(30-15-32-26)4-3-5-22(25)38-23-9-10-35(2)14-27(23,28)29/h3-8,11-13,15-16,23H,9-10,14H2,1-2H3,(H,30,32,34)/i2D3. The molecule has 0 aliphatic carbocycles. The summed E-state index contributed by atoms with van der Waals surface area (Å²) in [6.45, 7) is -1.65. The van der Waals surface area contributed by atoms with E-state index < -0.39 is 25.5 Å². The largest absolute Gasteiger partial charge is 0.483 e. The maximum Gasteiger partial charge on any atom is 0.296 e. The molecule has 0 amide bonds. The molecule has 1 atom stereocenters. The van der Waals surface area contributed by atoms with Crippen molar-refractivity contribution in [2.45, 2.75) is 25.4 Å². The van der Waals surface area contributed by atoms with E-state index in [0.717, 1.165) is 10.5 Å². The van der Waals surface area contributed by atoms with Crippen LogP contribution in [-0.2, 0) is 0 Å². The van der Waals surface area contributed by atoms with Crippen LogP contribution in [0.5, 0.6) is 17.2 Å². The molecule has 0 saturated carbocycles. The molecule has 9 nitrogen and oxygen atoms in total. The van der Waals surface area contributed by atoms with Gasteiger partial charge in [-0.05, 0) is 55.9 Å². The van der Waals surface area contributed by atoms with Gasteiger partial charge in [-0.2, -0.15) is 5.10 Å². The number of benzene rings is 2. The van der Waals surface area contributed by atoms with Gasteiger partial charge in [0.15, 0.2) is 11.8 Å². The van der Waals surface area contributed by atoms with Crippen LogP contribution in [0.15, 0.2) is 67.4 Å². The lowest BCUT2D eigenvalue weighted by molar-refractivity contribution is -0.134. The molecule has 1 saturated heterocycles. The van der Waals surface area contributed by atoms with Crippen LogP contribution in [0.25, 0.3) is 16.6 Å². The van der Waals surface area contributed by atoms with Gasteiger partial charge in [-0.15, -0.1) is 0 Å². The topological polar surface area (TPSA) is 89.7 Å². The number of rotatable bonds is 6. The number of likely N-dealkylation sites (tertiary alicyclic amines) is 1. The highest BCUT2D eigenvalue weighted by atomic mass is 19.3. The zero-order valence-corrected chi connectivity index (χ0v) is 20.3. The summed E-state index contributed by atoms with van der Waals surface area (Å²) in [5.41, 5.74) is 2.69. The fraction of sp³-hybridized carbons (Fsp3) is 0.259. The number of halogens is 2. The van der Waals surface area contributed by atoms with Crippen LogP contribution in [0.1, 0.15) is 16.1 Å². The molecule has 1 fully saturated rings. The Morgan fingerprint density at radius 3 is 2.84 bits per heavy atom. The first-order valence-electron chi connectivity index (χ1n) is 13.4. The number of piperidine rings is 1. The molecule has 194 valence electrons. The maximum absolute atomic E-state index is 15.0. The number of alkyl halides is 2. The molecule has 2 aromatic carbocycles. The minimum Gasteiger partial charge on any atom is -0.483 e. The highest BCUT2D eigenvalue weighted by Crippen LogP contribution is 2.37. The van der Waals surface area contributed by atoms with Crippen molar-refractivity contribution >= 4 is 28.1 Å². The van der Waals surface area contributed by atoms with Gasteiger partial charge in [0.25, 0.3) is 5.92 Å². The van der Waals surface area contributed by atoms with E-state index in [9.17, 15) is 8.78 Å². The van der Waals surface area contributed by atoms with Crippen LogP contribution in [0.4, 0.5) is 20.3 Å². The first kappa shape index (κ1) is 20.7. The average Bonchev–Trinajstić information content (AvgIpc) is 3.39. The van der Waals surface area contributed by atoms with Crippen LogP contribution in [0.3, 0.4) is 0 Å². The second-order valence-corrected chi connectivity index (χ2v) is 9.08. The third-order valence-corrected chi connectivity index (χ3v) is 6.35. The number of aromatic nitrogens is 5. The van der Waals surface area contributed by atoms with E-state index in [1.165, 1.54) is 12.7 Å². The SMILES string of the molecule is [2H]C([2H])([2H])N1CCC(Oc2cccc3ncnc(Nc4ccc(Oc5ccn6ncnc6c5)c(C)c4)c23)C(F)(F)C1. The van der Waals surface area contributed by atoms with E-state index in [1.807, 2.05) is 25.1 Å². The fourth-order valence-corrected chi connectivity index (χ4v) is 4.45. The Balaban J connectivity index is 1.24. The third kappa shape index (κ3) is 4.68. The van der Waals surface area contributed by atoms with Crippen molar-refractivity contribution in [3.63, 3.8) is 0 Å². The molecular formula is C27H25F2N7O2. The Morgan fingerprint density at radius 2 is 2.00 bits per heavy atom. The zero-order valence-electron chi connectivity index (χ0n) is 23.3. The predicted molar refractivity (Wildman–Crippen MR) is 139 cm³/mol. The summed E-state index contributed by atoms with van der Waals surface area (Å²) in [4.78, 5) is 13.6. The van der Waals surface area contributed by atoms with Gasteiger partial charge in [-0.3, -0.25) is 0 Å². The van der Waals surface area contributed by atoms with E-state index in [2.05, 4.69) is 25.4 Å². The minimum atomic E-state index is -3.37. The molecular weight excluding hydrogens is 492 g/mol. The Labute approximate surface area is 221 Å². The van der Waals surface area contributed by atoms with Gasteiger partial charge in [0.2, 0.25) is 0 Å². The number of hydrogen-bond acceptors (Lipinski definition) is 8. The number of aryl methyl sites for hydroxylation is 1. The van der Waals surface area contributed by atoms with Gasteiger partial charge < -0.3 is 19.7 Å². The van der Waals surface area contributed by atoms with Crippen molar-refractivity contribution in [3.05, 3.63) is 72.9 Å². The summed E-state index contributed by atoms with van der Waals surface area (Å²) in [6.07, 6.45) is 2.95. The number of nitrogens with zero attached hydrogens (tertiary/aromatic N) is 6. The molecule has 1 aliphatic heterocycles. The van der Waals surface area contributed by atoms with Gasteiger partial charge in [-0.1, -0.05) is 6.07 Å². The van der Waals surface area contributed by atoms with Gasteiger partial charge in [0.1, 0.15) is 35.7 Å². The van der Waals surface area contributed by atoms with E-state index in [1.54, 1.807) is 41.0 Å². The van der Waals surface area contributed by atoms with Gasteiger partial charge >= 0.3 is 0 Å². The van der Waals surface area contributed by atoms with E-state index in [-0.39, 0.29) is 18.7 Å². The van der Waals surface area contributed by atoms with E-state index >= 15 is 0 Å². The molecule has 3 aromatic heterocycles. The Kier molecular flexibility index (Phi) is 5.16. The molecule has 6 rings (SSSR count). The van der Waals surface area contributed by atoms with Crippen molar-refractivity contribution in [1.29, 1.82) is 0 Å². The lowest BCUT2D eigenvalue weighted by atomic mass is 10.0. The van der Waals surface area contributed by atoms with Crippen molar-refractivity contribution in [2.24, 2.45) is 0 Å². The molecule has 0 bridgehead atoms. The number of anilines is 2. The highest BCUT2D eigenvalue weighted by Gasteiger charge is 2.45. The maximum atomic E-state index is 15.0. The Bertz CT molecular complexity index is 1730. The van der Waals surface area contributed by atoms with Crippen molar-refractivity contribution in [3.8, 4) is 17.2 Å². The number of pyridine rings is 1. The van der Waals surface area contributed by atoms with E-state index in [0.29, 0.717) is 39.6 Å². The Morgan fingerprint density at radius 1 is 1.08 bits per heavy atom. The molecule has 11 heteroatoms. The summed E-state index contributed by atoms with van der Waals surface area (Å²) in [7, 11) is 0. The lowest BCUT2D eigenvalue weighted by Gasteiger charge is -2.36. The van der Waals surface area contributed by atoms with Crippen LogP contribution in [0.2, 0.25) is 0 Å². The zero-order chi connectivity index (χ0) is 28.8. The molecule has 0 spiro atoms. The number of hydrogen-bond donors (Lipinski definition) is 1. The van der Waals surface area contributed by atoms with Gasteiger partial charge in [0, 0.05) is 35.0 Å². The van der Waals surface area contributed by atoms with Crippen molar-refractivity contribution < 1.29 is 22.4 Å². The van der Waals surface area contributed by atoms with Crippen molar-refractivity contribution in [1.82, 2.24) is 29.5 Å². The third-order valence-electron chi connectivity index (χ3n) is 6.35. The molecule has 1 N–H and O–H groups in total. The molecule has 1 unspecified atom stereocenters. The van der Waals surface area contributed by atoms with Gasteiger partial charge in [0.05, 0.1) is 17.4 Å². The second kappa shape index (κ2) is 9.49. The normalized spacial score (nSPS) is 19.0. The number of nitrogens with one attached hydrogen (secondary N) is 1. The first-order chi connectivity index (χ1) is 19.6. The summed E-state index contributed by atoms with van der Waals surface area (Å²) in [6, 6.07) is 14.1. The summed E-state index contributed by atoms with van der Waals surface area (Å²) in [5.74, 6) is -1.57. The summed E-state index contributed by atoms with van der Waals surface area (Å²) < 4.78 is 66.0. The monoisotopic (exact) mass is 520 g/mol. The molecule has 1 aliphatic rings. The van der Waals surface area contributed by atoms with Crippen LogP contribution in [-0.4, -0.2) is 61.6 Å². The highest BCUT2D eigenvalue weighted by molar-refractivity contribution is 5.95. The van der Waals surface area contributed by atoms with Crippen LogP contribution >= 0.6 is 0 Å². The average molecular weight is 521 g/mol. The van der Waals surface area contributed by atoms with Crippen LogP contribution < -0.4 is 14.8 Å². The van der Waals surface area contributed by atoms with Crippen LogP contribution in [0, 0.1) is 6.92 Å². The second-order valence-electron chi connectivity index (χ2n) is 9.08. The number of ether oxygens (including phenoxy) is 2. The Hall–Kier alpha value is -4.38. The summed E-state index contributed by atoms with van der Waals surface area (Å²) in [5, 5.41) is 7.76. The smallest absolute Gasteiger partial charge is 0.296 e. The molecule has 4 heterocycles. The number of fused-ring (bicyclic) bond motifs is 2. The fourth-order valence-electron chi connectivity index (χ4n) is 4.45. The van der Waals surface area contributed by atoms with Crippen molar-refractivity contribution in [2.75, 3.05) is 25.4 Å². The lowest BCUT2D eigenvalue weighted by Crippen LogP contribution is -2.52. The summed E-state index contributed by atoms with van der Waals surface area (Å²) >= 11 is 0. The van der Waals surface area contributed by atoms with E-state index in [4.69, 9.17) is 13.6 Å². The quantitative estimate of drug-likeness (QED) is 0.325.